The maximum atomic E-state index is 12.1. The summed E-state index contributed by atoms with van der Waals surface area (Å²) in [6.07, 6.45) is 2.32. The normalized spacial score (nSPS) is 17.3. The van der Waals surface area contributed by atoms with Gasteiger partial charge >= 0.3 is 5.97 Å². The van der Waals surface area contributed by atoms with E-state index in [0.717, 1.165) is 12.1 Å². The molecule has 1 aliphatic heterocycles. The summed E-state index contributed by atoms with van der Waals surface area (Å²) in [6, 6.07) is 6.10. The van der Waals surface area contributed by atoms with Crippen molar-refractivity contribution in [3.63, 3.8) is 0 Å². The highest BCUT2D eigenvalue weighted by atomic mass is 16.6. The molecule has 1 amide bonds. The minimum absolute atomic E-state index is 0.0218. The van der Waals surface area contributed by atoms with Gasteiger partial charge in [0.05, 0.1) is 10.8 Å². The third-order valence-corrected chi connectivity index (χ3v) is 4.10. The minimum atomic E-state index is -0.840. The van der Waals surface area contributed by atoms with Gasteiger partial charge in [0, 0.05) is 43.9 Å². The Kier molecular flexibility index (Phi) is 6.11. The Hall–Kier alpha value is -2.64. The number of hydrogen-bond donors (Lipinski definition) is 2. The number of carboxylic acids is 1. The van der Waals surface area contributed by atoms with Crippen LogP contribution >= 0.6 is 0 Å². The van der Waals surface area contributed by atoms with Gasteiger partial charge < -0.3 is 15.3 Å². The van der Waals surface area contributed by atoms with Gasteiger partial charge in [0.15, 0.2) is 0 Å². The average Bonchev–Trinajstić information content (AvgIpc) is 2.59. The first-order valence-electron chi connectivity index (χ1n) is 7.96. The molecule has 0 saturated carbocycles. The summed E-state index contributed by atoms with van der Waals surface area (Å²) in [4.78, 5) is 34.9. The Morgan fingerprint density at radius 1 is 1.33 bits per heavy atom. The van der Waals surface area contributed by atoms with Crippen LogP contribution in [0.25, 0.3) is 0 Å². The minimum Gasteiger partial charge on any atom is -0.481 e. The van der Waals surface area contributed by atoms with E-state index in [1.54, 1.807) is 17.0 Å². The zero-order chi connectivity index (χ0) is 17.5. The fourth-order valence-electron chi connectivity index (χ4n) is 2.74. The molecule has 130 valence electrons. The fraction of sp³-hybridized carbons (Fsp3) is 0.500. The van der Waals surface area contributed by atoms with Crippen molar-refractivity contribution >= 4 is 23.3 Å². The summed E-state index contributed by atoms with van der Waals surface area (Å²) in [5.41, 5.74) is 0.797. The van der Waals surface area contributed by atoms with Crippen molar-refractivity contribution in [3.8, 4) is 0 Å². The zero-order valence-corrected chi connectivity index (χ0v) is 13.3. The maximum absolute atomic E-state index is 12.1. The first-order chi connectivity index (χ1) is 11.5. The average molecular weight is 335 g/mol. The number of nitrogens with zero attached hydrogens (tertiary/aromatic N) is 2. The van der Waals surface area contributed by atoms with Crippen molar-refractivity contribution in [2.45, 2.75) is 25.7 Å². The predicted octanol–water partition coefficient (Wildman–Crippen LogP) is 2.11. The Bertz CT molecular complexity index is 602. The lowest BCUT2D eigenvalue weighted by molar-refractivity contribution is -0.384. The summed E-state index contributed by atoms with van der Waals surface area (Å²) in [6.45, 7) is 1.49. The lowest BCUT2D eigenvalue weighted by Gasteiger charge is -2.30. The maximum Gasteiger partial charge on any atom is 0.308 e. The van der Waals surface area contributed by atoms with Crippen LogP contribution in [-0.2, 0) is 9.59 Å². The largest absolute Gasteiger partial charge is 0.481 e. The van der Waals surface area contributed by atoms with E-state index in [-0.39, 0.29) is 11.6 Å². The number of nitrogens with one attached hydrogen (secondary N) is 1. The first kappa shape index (κ1) is 17.7. The van der Waals surface area contributed by atoms with Gasteiger partial charge in [-0.1, -0.05) is 0 Å². The Morgan fingerprint density at radius 2 is 2.04 bits per heavy atom. The number of aliphatic carboxylic acids is 1. The fourth-order valence-corrected chi connectivity index (χ4v) is 2.74. The Morgan fingerprint density at radius 3 is 2.67 bits per heavy atom. The third kappa shape index (κ3) is 4.94. The number of amides is 1. The number of non-ortho nitro benzene ring substituents is 1. The smallest absolute Gasteiger partial charge is 0.308 e. The number of piperidine rings is 1. The molecule has 2 rings (SSSR count). The molecule has 8 nitrogen and oxygen atoms in total. The van der Waals surface area contributed by atoms with Crippen molar-refractivity contribution in [2.24, 2.45) is 5.92 Å². The molecule has 1 saturated heterocycles. The van der Waals surface area contributed by atoms with Crippen molar-refractivity contribution in [2.75, 3.05) is 25.0 Å². The quantitative estimate of drug-likeness (QED) is 0.448. The molecule has 0 aliphatic carbocycles. The molecule has 0 radical (unpaired) electrons. The molecule has 1 aliphatic rings. The number of rotatable bonds is 7. The molecule has 24 heavy (non-hydrogen) atoms. The highest BCUT2D eigenvalue weighted by molar-refractivity contribution is 5.78. The monoisotopic (exact) mass is 335 g/mol. The Balaban J connectivity index is 1.70. The van der Waals surface area contributed by atoms with Crippen LogP contribution in [0.5, 0.6) is 0 Å². The number of nitro groups is 1. The molecule has 1 aromatic rings. The number of carbonyl (C=O) groups is 2. The molecule has 0 spiro atoms. The summed E-state index contributed by atoms with van der Waals surface area (Å²) in [7, 11) is 0. The molecule has 1 aromatic carbocycles. The molecule has 8 heteroatoms. The van der Waals surface area contributed by atoms with Crippen LogP contribution in [0.4, 0.5) is 11.4 Å². The molecule has 1 unspecified atom stereocenters. The third-order valence-electron chi connectivity index (χ3n) is 4.10. The SMILES string of the molecule is O=C(O)C1CCCN(C(=O)CCCNc2ccc([N+](=O)[O-])cc2)C1. The topological polar surface area (TPSA) is 113 Å². The van der Waals surface area contributed by atoms with Crippen LogP contribution in [0.2, 0.25) is 0 Å². The Labute approximate surface area is 139 Å². The molecule has 0 bridgehead atoms. The summed E-state index contributed by atoms with van der Waals surface area (Å²) in [5.74, 6) is -1.32. The number of anilines is 1. The van der Waals surface area contributed by atoms with Crippen molar-refractivity contribution < 1.29 is 19.6 Å². The lowest BCUT2D eigenvalue weighted by atomic mass is 9.98. The number of carbonyl (C=O) groups excluding carboxylic acids is 1. The molecule has 1 fully saturated rings. The van der Waals surface area contributed by atoms with E-state index < -0.39 is 16.8 Å². The highest BCUT2D eigenvalue weighted by Gasteiger charge is 2.27. The van der Waals surface area contributed by atoms with Gasteiger partial charge in [0.1, 0.15) is 0 Å². The van der Waals surface area contributed by atoms with Gasteiger partial charge in [-0.25, -0.2) is 0 Å². The van der Waals surface area contributed by atoms with Crippen LogP contribution in [0, 0.1) is 16.0 Å². The van der Waals surface area contributed by atoms with E-state index in [9.17, 15) is 19.7 Å². The predicted molar refractivity (Wildman–Crippen MR) is 87.8 cm³/mol. The van der Waals surface area contributed by atoms with Gasteiger partial charge in [-0.2, -0.15) is 0 Å². The van der Waals surface area contributed by atoms with Crippen molar-refractivity contribution in [3.05, 3.63) is 34.4 Å². The van der Waals surface area contributed by atoms with Crippen LogP contribution in [0.15, 0.2) is 24.3 Å². The first-order valence-corrected chi connectivity index (χ1v) is 7.96. The van der Waals surface area contributed by atoms with Crippen LogP contribution in [0.3, 0.4) is 0 Å². The second-order valence-corrected chi connectivity index (χ2v) is 5.85. The summed E-state index contributed by atoms with van der Waals surface area (Å²) >= 11 is 0. The van der Waals surface area contributed by atoms with E-state index in [2.05, 4.69) is 5.32 Å². The molecule has 1 heterocycles. The summed E-state index contributed by atoms with van der Waals surface area (Å²) < 4.78 is 0. The van der Waals surface area contributed by atoms with Crippen LogP contribution in [-0.4, -0.2) is 46.4 Å². The van der Waals surface area contributed by atoms with Crippen LogP contribution < -0.4 is 5.32 Å². The second kappa shape index (κ2) is 8.28. The molecule has 0 aromatic heterocycles. The van der Waals surface area contributed by atoms with Gasteiger partial charge in [-0.05, 0) is 31.4 Å². The lowest BCUT2D eigenvalue weighted by Crippen LogP contribution is -2.42. The van der Waals surface area contributed by atoms with E-state index in [0.29, 0.717) is 38.9 Å². The number of hydrogen-bond acceptors (Lipinski definition) is 5. The van der Waals surface area contributed by atoms with Gasteiger partial charge in [0.25, 0.3) is 5.69 Å². The summed E-state index contributed by atoms with van der Waals surface area (Å²) in [5, 5.41) is 22.7. The van der Waals surface area contributed by atoms with E-state index in [1.165, 1.54) is 12.1 Å². The van der Waals surface area contributed by atoms with E-state index >= 15 is 0 Å². The number of carboxylic acid groups (broad SMARTS) is 1. The molecular formula is C16H21N3O5. The second-order valence-electron chi connectivity index (χ2n) is 5.85. The van der Waals surface area contributed by atoms with E-state index in [1.807, 2.05) is 0 Å². The molecule has 1 atom stereocenters. The van der Waals surface area contributed by atoms with Gasteiger partial charge in [-0.3, -0.25) is 19.7 Å². The number of likely N-dealkylation sites (tertiary alicyclic amines) is 1. The molecule has 2 N–H and O–H groups in total. The highest BCUT2D eigenvalue weighted by Crippen LogP contribution is 2.18. The number of nitro benzene ring substituents is 1. The number of benzene rings is 1. The van der Waals surface area contributed by atoms with Gasteiger partial charge in [0.2, 0.25) is 5.91 Å². The zero-order valence-electron chi connectivity index (χ0n) is 13.3. The van der Waals surface area contributed by atoms with Crippen molar-refractivity contribution in [1.29, 1.82) is 0 Å². The van der Waals surface area contributed by atoms with Crippen molar-refractivity contribution in [1.82, 2.24) is 4.90 Å². The standard InChI is InChI=1S/C16H21N3O5/c20-15(18-10-2-3-12(11-18)16(21)22)4-1-9-17-13-5-7-14(8-6-13)19(23)24/h5-8,12,17H,1-4,9-11H2,(H,21,22). The molecular weight excluding hydrogens is 314 g/mol. The van der Waals surface area contributed by atoms with Crippen LogP contribution in [0.1, 0.15) is 25.7 Å². The van der Waals surface area contributed by atoms with Gasteiger partial charge in [-0.15, -0.1) is 0 Å². The van der Waals surface area contributed by atoms with E-state index in [4.69, 9.17) is 5.11 Å².